The average molecular weight is 290 g/mol. The van der Waals surface area contributed by atoms with Crippen molar-refractivity contribution in [2.75, 3.05) is 13.0 Å². The van der Waals surface area contributed by atoms with E-state index in [1.807, 2.05) is 0 Å². The SMILES string of the molecule is COC(=O)C(Cc1ccc(Cl)cc1)NC(=O)CCl. The molecule has 1 unspecified atom stereocenters. The van der Waals surface area contributed by atoms with E-state index in [2.05, 4.69) is 10.1 Å². The number of carbonyl (C=O) groups excluding carboxylic acids is 2. The van der Waals surface area contributed by atoms with Gasteiger partial charge >= 0.3 is 5.97 Å². The molecular weight excluding hydrogens is 277 g/mol. The fourth-order valence-corrected chi connectivity index (χ4v) is 1.63. The lowest BCUT2D eigenvalue weighted by Gasteiger charge is -2.15. The number of benzene rings is 1. The number of hydrogen-bond acceptors (Lipinski definition) is 3. The summed E-state index contributed by atoms with van der Waals surface area (Å²) in [6.45, 7) is 0. The van der Waals surface area contributed by atoms with Crippen molar-refractivity contribution >= 4 is 35.1 Å². The second-order valence-corrected chi connectivity index (χ2v) is 4.31. The maximum atomic E-state index is 11.5. The van der Waals surface area contributed by atoms with Gasteiger partial charge in [0.25, 0.3) is 0 Å². The van der Waals surface area contributed by atoms with E-state index in [0.717, 1.165) is 5.56 Å². The number of halogens is 2. The molecule has 0 aliphatic rings. The predicted molar refractivity (Wildman–Crippen MR) is 69.8 cm³/mol. The van der Waals surface area contributed by atoms with Crippen LogP contribution in [-0.2, 0) is 20.7 Å². The highest BCUT2D eigenvalue weighted by molar-refractivity contribution is 6.30. The largest absolute Gasteiger partial charge is 0.467 e. The van der Waals surface area contributed by atoms with Crippen molar-refractivity contribution in [3.63, 3.8) is 0 Å². The van der Waals surface area contributed by atoms with Crippen LogP contribution in [0.1, 0.15) is 5.56 Å². The number of rotatable bonds is 5. The van der Waals surface area contributed by atoms with Crippen molar-refractivity contribution in [2.24, 2.45) is 0 Å². The van der Waals surface area contributed by atoms with E-state index in [4.69, 9.17) is 23.2 Å². The zero-order chi connectivity index (χ0) is 13.5. The van der Waals surface area contributed by atoms with Crippen LogP contribution in [0.25, 0.3) is 0 Å². The molecule has 1 amide bonds. The first kappa shape index (κ1) is 14.8. The van der Waals surface area contributed by atoms with Gasteiger partial charge in [-0.05, 0) is 17.7 Å². The Hall–Kier alpha value is -1.26. The highest BCUT2D eigenvalue weighted by Gasteiger charge is 2.21. The number of amides is 1. The quantitative estimate of drug-likeness (QED) is 0.664. The summed E-state index contributed by atoms with van der Waals surface area (Å²) >= 11 is 11.2. The Morgan fingerprint density at radius 2 is 1.94 bits per heavy atom. The highest BCUT2D eigenvalue weighted by Crippen LogP contribution is 2.11. The van der Waals surface area contributed by atoms with Gasteiger partial charge in [-0.3, -0.25) is 4.79 Å². The van der Waals surface area contributed by atoms with Crippen molar-refractivity contribution in [3.8, 4) is 0 Å². The first-order chi connectivity index (χ1) is 8.56. The lowest BCUT2D eigenvalue weighted by molar-refractivity contribution is -0.144. The van der Waals surface area contributed by atoms with Gasteiger partial charge in [-0.2, -0.15) is 0 Å². The van der Waals surface area contributed by atoms with Crippen LogP contribution in [0, 0.1) is 0 Å². The van der Waals surface area contributed by atoms with Crippen LogP contribution in [0.4, 0.5) is 0 Å². The maximum Gasteiger partial charge on any atom is 0.328 e. The minimum absolute atomic E-state index is 0.200. The Labute approximate surface area is 115 Å². The van der Waals surface area contributed by atoms with Gasteiger partial charge in [0.1, 0.15) is 11.9 Å². The number of alkyl halides is 1. The molecule has 0 saturated carbocycles. The molecule has 0 aliphatic carbocycles. The highest BCUT2D eigenvalue weighted by atomic mass is 35.5. The Bertz CT molecular complexity index is 420. The zero-order valence-corrected chi connectivity index (χ0v) is 11.3. The van der Waals surface area contributed by atoms with Crippen LogP contribution in [0.2, 0.25) is 5.02 Å². The molecule has 1 N–H and O–H groups in total. The number of methoxy groups -OCH3 is 1. The van der Waals surface area contributed by atoms with Crippen LogP contribution in [0.3, 0.4) is 0 Å². The second-order valence-electron chi connectivity index (χ2n) is 3.61. The van der Waals surface area contributed by atoms with E-state index in [9.17, 15) is 9.59 Å². The first-order valence-corrected chi connectivity index (χ1v) is 6.15. The summed E-state index contributed by atoms with van der Waals surface area (Å²) in [6, 6.07) is 6.25. The molecular formula is C12H13Cl2NO3. The summed E-state index contributed by atoms with van der Waals surface area (Å²) in [5.74, 6) is -1.13. The van der Waals surface area contributed by atoms with E-state index < -0.39 is 17.9 Å². The molecule has 0 radical (unpaired) electrons. The van der Waals surface area contributed by atoms with Gasteiger partial charge in [0.15, 0.2) is 0 Å². The molecule has 0 saturated heterocycles. The van der Waals surface area contributed by atoms with Crippen molar-refractivity contribution in [1.82, 2.24) is 5.32 Å². The first-order valence-electron chi connectivity index (χ1n) is 5.24. The monoisotopic (exact) mass is 289 g/mol. The standard InChI is InChI=1S/C12H13Cl2NO3/c1-18-12(17)10(15-11(16)7-13)6-8-2-4-9(14)5-3-8/h2-5,10H,6-7H2,1H3,(H,15,16). The van der Waals surface area contributed by atoms with Crippen LogP contribution in [0.15, 0.2) is 24.3 Å². The zero-order valence-electron chi connectivity index (χ0n) is 9.78. The molecule has 4 nitrogen and oxygen atoms in total. The van der Waals surface area contributed by atoms with Gasteiger partial charge in [-0.1, -0.05) is 23.7 Å². The fourth-order valence-electron chi connectivity index (χ4n) is 1.42. The molecule has 6 heteroatoms. The van der Waals surface area contributed by atoms with Crippen molar-refractivity contribution in [2.45, 2.75) is 12.5 Å². The molecule has 0 spiro atoms. The van der Waals surface area contributed by atoms with Crippen LogP contribution >= 0.6 is 23.2 Å². The third kappa shape index (κ3) is 4.55. The summed E-state index contributed by atoms with van der Waals surface area (Å²) in [5.41, 5.74) is 0.865. The summed E-state index contributed by atoms with van der Waals surface area (Å²) in [7, 11) is 1.27. The molecule has 0 fully saturated rings. The number of hydrogen-bond donors (Lipinski definition) is 1. The van der Waals surface area contributed by atoms with E-state index in [1.54, 1.807) is 24.3 Å². The Morgan fingerprint density at radius 3 is 2.44 bits per heavy atom. The van der Waals surface area contributed by atoms with Crippen molar-refractivity contribution in [3.05, 3.63) is 34.9 Å². The van der Waals surface area contributed by atoms with E-state index in [-0.39, 0.29) is 5.88 Å². The summed E-state index contributed by atoms with van der Waals surface area (Å²) < 4.78 is 4.63. The third-order valence-electron chi connectivity index (χ3n) is 2.30. The van der Waals surface area contributed by atoms with Crippen molar-refractivity contribution in [1.29, 1.82) is 0 Å². The van der Waals surface area contributed by atoms with Crippen LogP contribution in [0.5, 0.6) is 0 Å². The van der Waals surface area contributed by atoms with Gasteiger partial charge in [0, 0.05) is 11.4 Å². The smallest absolute Gasteiger partial charge is 0.328 e. The number of esters is 1. The third-order valence-corrected chi connectivity index (χ3v) is 2.79. The average Bonchev–Trinajstić information content (AvgIpc) is 2.39. The number of ether oxygens (including phenoxy) is 1. The molecule has 0 bridgehead atoms. The molecule has 0 aromatic heterocycles. The van der Waals surface area contributed by atoms with Gasteiger partial charge in [0.05, 0.1) is 7.11 Å². The van der Waals surface area contributed by atoms with Gasteiger partial charge in [-0.15, -0.1) is 11.6 Å². The van der Waals surface area contributed by atoms with E-state index >= 15 is 0 Å². The Balaban J connectivity index is 2.74. The van der Waals surface area contributed by atoms with Gasteiger partial charge in [-0.25, -0.2) is 4.79 Å². The summed E-state index contributed by atoms with van der Waals surface area (Å²) in [4.78, 5) is 22.7. The molecule has 98 valence electrons. The fraction of sp³-hybridized carbons (Fsp3) is 0.333. The molecule has 0 aliphatic heterocycles. The second kappa shape index (κ2) is 7.24. The van der Waals surface area contributed by atoms with Gasteiger partial charge in [0.2, 0.25) is 5.91 Å². The molecule has 1 aromatic rings. The topological polar surface area (TPSA) is 55.4 Å². The minimum atomic E-state index is -0.748. The lowest BCUT2D eigenvalue weighted by Crippen LogP contribution is -2.43. The molecule has 1 aromatic carbocycles. The van der Waals surface area contributed by atoms with Crippen molar-refractivity contribution < 1.29 is 14.3 Å². The molecule has 18 heavy (non-hydrogen) atoms. The minimum Gasteiger partial charge on any atom is -0.467 e. The Morgan fingerprint density at radius 1 is 1.33 bits per heavy atom. The van der Waals surface area contributed by atoms with Gasteiger partial charge < -0.3 is 10.1 Å². The molecule has 1 atom stereocenters. The summed E-state index contributed by atoms with van der Waals surface area (Å²) in [6.07, 6.45) is 0.326. The Kier molecular flexibility index (Phi) is 5.95. The normalized spacial score (nSPS) is 11.7. The summed E-state index contributed by atoms with van der Waals surface area (Å²) in [5, 5.41) is 3.11. The van der Waals surface area contributed by atoms with Crippen LogP contribution in [-0.4, -0.2) is 30.9 Å². The van der Waals surface area contributed by atoms with E-state index in [0.29, 0.717) is 11.4 Å². The maximum absolute atomic E-state index is 11.5. The predicted octanol–water partition coefficient (Wildman–Crippen LogP) is 1.78. The number of carbonyl (C=O) groups is 2. The number of nitrogens with one attached hydrogen (secondary N) is 1. The van der Waals surface area contributed by atoms with E-state index in [1.165, 1.54) is 7.11 Å². The molecule has 1 rings (SSSR count). The van der Waals surface area contributed by atoms with Crippen LogP contribution < -0.4 is 5.32 Å². The lowest BCUT2D eigenvalue weighted by atomic mass is 10.1. The molecule has 0 heterocycles.